The molecule has 1 aromatic carbocycles. The Morgan fingerprint density at radius 2 is 1.46 bits per heavy atom. The fourth-order valence-electron chi connectivity index (χ4n) is 3.65. The maximum Gasteiger partial charge on any atom is 0.229 e. The Balaban J connectivity index is 1.43. The van der Waals surface area contributed by atoms with Crippen molar-refractivity contribution in [1.29, 1.82) is 0 Å². The van der Waals surface area contributed by atoms with Crippen molar-refractivity contribution in [2.75, 3.05) is 11.9 Å². The molecule has 1 aliphatic heterocycles. The third kappa shape index (κ3) is 7.45. The number of aryl methyl sites for hydroxylation is 2. The number of imide groups is 1. The third-order valence-electron chi connectivity index (χ3n) is 5.35. The monoisotopic (exact) mass is 386 g/mol. The molecule has 1 aromatic rings. The lowest BCUT2D eigenvalue weighted by molar-refractivity contribution is -0.138. The van der Waals surface area contributed by atoms with E-state index in [4.69, 9.17) is 0 Å². The normalized spacial score (nSPS) is 14.0. The second-order valence-corrected chi connectivity index (χ2v) is 7.88. The minimum absolute atomic E-state index is 0.00780. The number of benzene rings is 1. The second kappa shape index (κ2) is 11.6. The van der Waals surface area contributed by atoms with Gasteiger partial charge < -0.3 is 5.32 Å². The molecule has 0 aliphatic carbocycles. The molecular weight excluding hydrogens is 352 g/mol. The fraction of sp³-hybridized carbons (Fsp3) is 0.609. The maximum absolute atomic E-state index is 12.0. The molecule has 0 bridgehead atoms. The van der Waals surface area contributed by atoms with Crippen LogP contribution in [0.15, 0.2) is 18.2 Å². The van der Waals surface area contributed by atoms with Gasteiger partial charge in [-0.25, -0.2) is 0 Å². The van der Waals surface area contributed by atoms with Gasteiger partial charge in [-0.3, -0.25) is 19.3 Å². The molecule has 1 N–H and O–H groups in total. The highest BCUT2D eigenvalue weighted by Crippen LogP contribution is 2.17. The van der Waals surface area contributed by atoms with Crippen molar-refractivity contribution in [2.24, 2.45) is 0 Å². The van der Waals surface area contributed by atoms with Crippen LogP contribution in [0.1, 0.15) is 81.8 Å². The summed E-state index contributed by atoms with van der Waals surface area (Å²) in [6.07, 6.45) is 9.99. The van der Waals surface area contributed by atoms with E-state index in [0.717, 1.165) is 49.8 Å². The zero-order valence-corrected chi connectivity index (χ0v) is 17.4. The number of unbranched alkanes of at least 4 members (excludes halogenated alkanes) is 7. The second-order valence-electron chi connectivity index (χ2n) is 7.88. The number of carbonyl (C=O) groups excluding carboxylic acids is 3. The first-order valence-electron chi connectivity index (χ1n) is 10.7. The van der Waals surface area contributed by atoms with Crippen molar-refractivity contribution < 1.29 is 14.4 Å². The number of likely N-dealkylation sites (tertiary alicyclic amines) is 1. The highest BCUT2D eigenvalue weighted by atomic mass is 16.2. The number of rotatable bonds is 12. The molecule has 0 unspecified atom stereocenters. The quantitative estimate of drug-likeness (QED) is 0.410. The molecule has 2 rings (SSSR count). The van der Waals surface area contributed by atoms with Gasteiger partial charge in [0.15, 0.2) is 0 Å². The van der Waals surface area contributed by atoms with Crippen molar-refractivity contribution in [2.45, 2.75) is 84.5 Å². The minimum Gasteiger partial charge on any atom is -0.326 e. The van der Waals surface area contributed by atoms with Gasteiger partial charge >= 0.3 is 0 Å². The minimum atomic E-state index is -0.00780. The number of anilines is 1. The Hall–Kier alpha value is -2.17. The van der Waals surface area contributed by atoms with Crippen LogP contribution in [-0.4, -0.2) is 29.2 Å². The first kappa shape index (κ1) is 22.1. The molecule has 1 fully saturated rings. The predicted octanol–water partition coefficient (Wildman–Crippen LogP) is 4.90. The number of carbonyl (C=O) groups is 3. The Morgan fingerprint density at radius 3 is 2.07 bits per heavy atom. The predicted molar refractivity (Wildman–Crippen MR) is 112 cm³/mol. The number of nitrogens with zero attached hydrogens (tertiary/aromatic N) is 1. The van der Waals surface area contributed by atoms with Crippen LogP contribution in [0.4, 0.5) is 5.69 Å². The SMILES string of the molecule is Cc1ccc(NC(=O)CCCCCCCCCCN2C(=O)CCC2=O)c(C)c1. The summed E-state index contributed by atoms with van der Waals surface area (Å²) >= 11 is 0. The van der Waals surface area contributed by atoms with Crippen molar-refractivity contribution in [1.82, 2.24) is 4.90 Å². The Kier molecular flexibility index (Phi) is 9.18. The van der Waals surface area contributed by atoms with Crippen molar-refractivity contribution >= 4 is 23.4 Å². The lowest BCUT2D eigenvalue weighted by atomic mass is 10.1. The van der Waals surface area contributed by atoms with E-state index in [9.17, 15) is 14.4 Å². The van der Waals surface area contributed by atoms with Crippen LogP contribution in [0.25, 0.3) is 0 Å². The summed E-state index contributed by atoms with van der Waals surface area (Å²) in [5, 5.41) is 3.00. The summed E-state index contributed by atoms with van der Waals surface area (Å²) in [7, 11) is 0. The summed E-state index contributed by atoms with van der Waals surface area (Å²) in [5.74, 6) is 0.0797. The van der Waals surface area contributed by atoms with E-state index < -0.39 is 0 Å². The first-order valence-corrected chi connectivity index (χ1v) is 10.7. The van der Waals surface area contributed by atoms with Crippen LogP contribution in [0.5, 0.6) is 0 Å². The molecule has 0 aromatic heterocycles. The molecule has 28 heavy (non-hydrogen) atoms. The molecule has 0 atom stereocenters. The highest BCUT2D eigenvalue weighted by molar-refractivity contribution is 6.01. The summed E-state index contributed by atoms with van der Waals surface area (Å²) in [4.78, 5) is 36.5. The maximum atomic E-state index is 12.0. The summed E-state index contributed by atoms with van der Waals surface area (Å²) in [5.41, 5.74) is 3.22. The molecule has 0 saturated carbocycles. The lowest BCUT2D eigenvalue weighted by Gasteiger charge is -2.13. The van der Waals surface area contributed by atoms with E-state index in [0.29, 0.717) is 25.8 Å². The largest absolute Gasteiger partial charge is 0.326 e. The van der Waals surface area contributed by atoms with Crippen LogP contribution < -0.4 is 5.32 Å². The van der Waals surface area contributed by atoms with E-state index in [-0.39, 0.29) is 17.7 Å². The molecule has 0 radical (unpaired) electrons. The summed E-state index contributed by atoms with van der Waals surface area (Å²) in [6.45, 7) is 4.66. The average molecular weight is 387 g/mol. The Morgan fingerprint density at radius 1 is 0.893 bits per heavy atom. The molecule has 1 aliphatic rings. The van der Waals surface area contributed by atoms with Gasteiger partial charge in [0.05, 0.1) is 0 Å². The van der Waals surface area contributed by atoms with Gasteiger partial charge in [0.1, 0.15) is 0 Å². The number of nitrogens with one attached hydrogen (secondary N) is 1. The molecule has 3 amide bonds. The van der Waals surface area contributed by atoms with E-state index >= 15 is 0 Å². The van der Waals surface area contributed by atoms with Gasteiger partial charge in [-0.1, -0.05) is 56.2 Å². The molecule has 0 spiro atoms. The van der Waals surface area contributed by atoms with Crippen molar-refractivity contribution in [3.05, 3.63) is 29.3 Å². The smallest absolute Gasteiger partial charge is 0.229 e. The Labute approximate surface area is 168 Å². The molecule has 1 heterocycles. The van der Waals surface area contributed by atoms with Gasteiger partial charge in [-0.05, 0) is 38.3 Å². The van der Waals surface area contributed by atoms with Crippen LogP contribution >= 0.6 is 0 Å². The topological polar surface area (TPSA) is 66.5 Å². The van der Waals surface area contributed by atoms with Gasteiger partial charge in [0, 0.05) is 31.5 Å². The summed E-state index contributed by atoms with van der Waals surface area (Å²) in [6, 6.07) is 6.07. The molecule has 5 heteroatoms. The highest BCUT2D eigenvalue weighted by Gasteiger charge is 2.27. The van der Waals surface area contributed by atoms with Crippen LogP contribution in [-0.2, 0) is 14.4 Å². The zero-order valence-electron chi connectivity index (χ0n) is 17.4. The van der Waals surface area contributed by atoms with Crippen LogP contribution in [0, 0.1) is 13.8 Å². The van der Waals surface area contributed by atoms with E-state index in [1.165, 1.54) is 23.3 Å². The van der Waals surface area contributed by atoms with Crippen molar-refractivity contribution in [3.63, 3.8) is 0 Å². The van der Waals surface area contributed by atoms with E-state index in [1.54, 1.807) is 0 Å². The number of hydrogen-bond donors (Lipinski definition) is 1. The van der Waals surface area contributed by atoms with Gasteiger partial charge in [0.25, 0.3) is 0 Å². The van der Waals surface area contributed by atoms with Crippen LogP contribution in [0.3, 0.4) is 0 Å². The van der Waals surface area contributed by atoms with Gasteiger partial charge in [-0.15, -0.1) is 0 Å². The third-order valence-corrected chi connectivity index (χ3v) is 5.35. The van der Waals surface area contributed by atoms with E-state index in [1.807, 2.05) is 26.0 Å². The summed E-state index contributed by atoms with van der Waals surface area (Å²) < 4.78 is 0. The molecule has 1 saturated heterocycles. The number of amides is 3. The molecular formula is C23H34N2O3. The van der Waals surface area contributed by atoms with Gasteiger partial charge in [0.2, 0.25) is 17.7 Å². The standard InChI is InChI=1S/C23H34N2O3/c1-18-12-13-20(19(2)17-18)24-21(26)11-9-7-5-3-4-6-8-10-16-25-22(27)14-15-23(25)28/h12-13,17H,3-11,14-16H2,1-2H3,(H,24,26). The zero-order chi connectivity index (χ0) is 20.4. The van der Waals surface area contributed by atoms with E-state index in [2.05, 4.69) is 11.4 Å². The fourth-order valence-corrected chi connectivity index (χ4v) is 3.65. The first-order chi connectivity index (χ1) is 13.5. The number of hydrogen-bond acceptors (Lipinski definition) is 3. The average Bonchev–Trinajstić information content (AvgIpc) is 2.97. The molecule has 5 nitrogen and oxygen atoms in total. The lowest BCUT2D eigenvalue weighted by Crippen LogP contribution is -2.29. The Bertz CT molecular complexity index is 668. The van der Waals surface area contributed by atoms with Gasteiger partial charge in [-0.2, -0.15) is 0 Å². The van der Waals surface area contributed by atoms with Crippen molar-refractivity contribution in [3.8, 4) is 0 Å². The molecule has 154 valence electrons. The van der Waals surface area contributed by atoms with Crippen LogP contribution in [0.2, 0.25) is 0 Å².